The highest BCUT2D eigenvalue weighted by molar-refractivity contribution is 7.09. The lowest BCUT2D eigenvalue weighted by atomic mass is 10.1. The van der Waals surface area contributed by atoms with Crippen molar-refractivity contribution in [3.63, 3.8) is 0 Å². The molecule has 22 heavy (non-hydrogen) atoms. The normalized spacial score (nSPS) is 13.4. The lowest BCUT2D eigenvalue weighted by Crippen LogP contribution is -2.40. The Labute approximate surface area is 136 Å². The number of nitrogens with zero attached hydrogens (tertiary/aromatic N) is 2. The quantitative estimate of drug-likeness (QED) is 0.882. The van der Waals surface area contributed by atoms with E-state index in [1.54, 1.807) is 28.6 Å². The third kappa shape index (κ3) is 4.56. The first-order valence-electron chi connectivity index (χ1n) is 7.51. The molecule has 0 saturated carbocycles. The Morgan fingerprint density at radius 2 is 2.05 bits per heavy atom. The number of hydrogen-bond acceptors (Lipinski definition) is 3. The molecule has 1 N–H and O–H groups in total. The molecule has 2 aromatic heterocycles. The van der Waals surface area contributed by atoms with E-state index in [1.807, 2.05) is 26.1 Å². The van der Waals surface area contributed by atoms with Crippen molar-refractivity contribution in [1.82, 2.24) is 15.2 Å². The molecule has 2 atom stereocenters. The van der Waals surface area contributed by atoms with Crippen molar-refractivity contribution in [1.29, 1.82) is 0 Å². The van der Waals surface area contributed by atoms with E-state index < -0.39 is 0 Å². The van der Waals surface area contributed by atoms with Gasteiger partial charge < -0.3 is 10.2 Å². The van der Waals surface area contributed by atoms with Crippen LogP contribution in [-0.2, 0) is 6.42 Å². The molecule has 2 heterocycles. The number of pyridine rings is 1. The maximum absolute atomic E-state index is 12.3. The third-order valence-corrected chi connectivity index (χ3v) is 4.72. The van der Waals surface area contributed by atoms with E-state index in [2.05, 4.69) is 34.7 Å². The molecular weight excluding hydrogens is 294 g/mol. The molecule has 0 saturated heterocycles. The molecule has 0 aliphatic heterocycles. The van der Waals surface area contributed by atoms with E-state index in [0.29, 0.717) is 12.5 Å². The summed E-state index contributed by atoms with van der Waals surface area (Å²) < 4.78 is 0. The molecule has 2 amide bonds. The summed E-state index contributed by atoms with van der Waals surface area (Å²) in [6.45, 7) is 4.86. The molecule has 0 aliphatic rings. The van der Waals surface area contributed by atoms with Crippen molar-refractivity contribution in [2.45, 2.75) is 26.3 Å². The van der Waals surface area contributed by atoms with E-state index in [1.165, 1.54) is 4.88 Å². The summed E-state index contributed by atoms with van der Waals surface area (Å²) >= 11 is 1.76. The van der Waals surface area contributed by atoms with Crippen molar-refractivity contribution in [3.05, 3.63) is 52.5 Å². The van der Waals surface area contributed by atoms with Gasteiger partial charge in [0.05, 0.1) is 6.04 Å². The standard InChI is InChI=1S/C17H23N3OS/c1-13(11-16-5-4-10-22-16)12-19-17(21)20(3)14(2)15-6-8-18-9-7-15/h4-10,13-14H,11-12H2,1-3H3,(H,19,21). The first kappa shape index (κ1) is 16.5. The van der Waals surface area contributed by atoms with Gasteiger partial charge in [-0.15, -0.1) is 11.3 Å². The molecule has 0 bridgehead atoms. The van der Waals surface area contributed by atoms with Gasteiger partial charge in [0.1, 0.15) is 0 Å². The molecule has 118 valence electrons. The molecule has 0 aromatic carbocycles. The number of carbonyl (C=O) groups is 1. The minimum atomic E-state index is -0.0395. The maximum atomic E-state index is 12.3. The summed E-state index contributed by atoms with van der Waals surface area (Å²) in [6, 6.07) is 8.07. The maximum Gasteiger partial charge on any atom is 0.317 e. The topological polar surface area (TPSA) is 45.2 Å². The van der Waals surface area contributed by atoms with Crippen LogP contribution in [0.2, 0.25) is 0 Å². The number of hydrogen-bond donors (Lipinski definition) is 1. The Morgan fingerprint density at radius 1 is 1.32 bits per heavy atom. The van der Waals surface area contributed by atoms with Crippen LogP contribution in [0, 0.1) is 5.92 Å². The van der Waals surface area contributed by atoms with E-state index in [-0.39, 0.29) is 12.1 Å². The van der Waals surface area contributed by atoms with Crippen LogP contribution in [0.5, 0.6) is 0 Å². The average Bonchev–Trinajstić information content (AvgIpc) is 3.05. The Kier molecular flexibility index (Phi) is 5.95. The average molecular weight is 317 g/mol. The van der Waals surface area contributed by atoms with Gasteiger partial charge in [-0.05, 0) is 48.4 Å². The minimum absolute atomic E-state index is 0.0237. The molecule has 0 radical (unpaired) electrons. The van der Waals surface area contributed by atoms with Gasteiger partial charge in [-0.2, -0.15) is 0 Å². The van der Waals surface area contributed by atoms with Crippen molar-refractivity contribution < 1.29 is 4.79 Å². The second-order valence-corrected chi connectivity index (χ2v) is 6.67. The Bertz CT molecular complexity index is 571. The highest BCUT2D eigenvalue weighted by Gasteiger charge is 2.17. The fourth-order valence-corrected chi connectivity index (χ4v) is 3.14. The van der Waals surface area contributed by atoms with Crippen LogP contribution < -0.4 is 5.32 Å². The van der Waals surface area contributed by atoms with Crippen LogP contribution in [0.4, 0.5) is 4.79 Å². The largest absolute Gasteiger partial charge is 0.338 e. The lowest BCUT2D eigenvalue weighted by molar-refractivity contribution is 0.193. The second kappa shape index (κ2) is 7.94. The SMILES string of the molecule is CC(CNC(=O)N(C)C(C)c1ccncc1)Cc1cccs1. The van der Waals surface area contributed by atoms with Gasteiger partial charge in [0.2, 0.25) is 0 Å². The number of aromatic nitrogens is 1. The number of amides is 2. The summed E-state index contributed by atoms with van der Waals surface area (Å²) in [5, 5.41) is 5.11. The zero-order valence-electron chi connectivity index (χ0n) is 13.3. The van der Waals surface area contributed by atoms with Crippen LogP contribution in [0.15, 0.2) is 42.0 Å². The zero-order chi connectivity index (χ0) is 15.9. The monoisotopic (exact) mass is 317 g/mol. The van der Waals surface area contributed by atoms with Gasteiger partial charge in [0.25, 0.3) is 0 Å². The summed E-state index contributed by atoms with van der Waals surface area (Å²) in [7, 11) is 1.82. The van der Waals surface area contributed by atoms with Gasteiger partial charge in [0, 0.05) is 30.9 Å². The molecule has 2 aromatic rings. The van der Waals surface area contributed by atoms with Crippen LogP contribution >= 0.6 is 11.3 Å². The predicted molar refractivity (Wildman–Crippen MR) is 91.0 cm³/mol. The molecule has 2 unspecified atom stereocenters. The first-order chi connectivity index (χ1) is 10.6. The van der Waals surface area contributed by atoms with E-state index in [4.69, 9.17) is 0 Å². The zero-order valence-corrected chi connectivity index (χ0v) is 14.1. The van der Waals surface area contributed by atoms with Gasteiger partial charge in [-0.1, -0.05) is 13.0 Å². The van der Waals surface area contributed by atoms with Crippen molar-refractivity contribution >= 4 is 17.4 Å². The van der Waals surface area contributed by atoms with Gasteiger partial charge in [0.15, 0.2) is 0 Å². The summed E-state index contributed by atoms with van der Waals surface area (Å²) in [5.74, 6) is 0.423. The molecule has 2 rings (SSSR count). The van der Waals surface area contributed by atoms with Crippen molar-refractivity contribution in [2.75, 3.05) is 13.6 Å². The van der Waals surface area contributed by atoms with E-state index in [0.717, 1.165) is 12.0 Å². The van der Waals surface area contributed by atoms with Crippen LogP contribution in [-0.4, -0.2) is 29.5 Å². The van der Waals surface area contributed by atoms with Gasteiger partial charge in [-0.25, -0.2) is 4.79 Å². The van der Waals surface area contributed by atoms with E-state index in [9.17, 15) is 4.79 Å². The molecule has 0 aliphatic carbocycles. The molecule has 0 fully saturated rings. The molecule has 0 spiro atoms. The number of rotatable bonds is 6. The highest BCUT2D eigenvalue weighted by Crippen LogP contribution is 2.18. The summed E-state index contributed by atoms with van der Waals surface area (Å²) in [4.78, 5) is 19.4. The third-order valence-electron chi connectivity index (χ3n) is 3.82. The summed E-state index contributed by atoms with van der Waals surface area (Å²) in [6.07, 6.45) is 4.50. The molecular formula is C17H23N3OS. The first-order valence-corrected chi connectivity index (χ1v) is 8.39. The number of urea groups is 1. The number of thiophene rings is 1. The van der Waals surface area contributed by atoms with Gasteiger partial charge in [-0.3, -0.25) is 4.98 Å². The molecule has 5 heteroatoms. The number of carbonyl (C=O) groups excluding carboxylic acids is 1. The summed E-state index contributed by atoms with van der Waals surface area (Å²) in [5.41, 5.74) is 1.08. The van der Waals surface area contributed by atoms with Crippen LogP contribution in [0.3, 0.4) is 0 Å². The Morgan fingerprint density at radius 3 is 2.68 bits per heavy atom. The smallest absolute Gasteiger partial charge is 0.317 e. The molecule has 4 nitrogen and oxygen atoms in total. The Balaban J connectivity index is 1.81. The number of nitrogens with one attached hydrogen (secondary N) is 1. The fraction of sp³-hybridized carbons (Fsp3) is 0.412. The highest BCUT2D eigenvalue weighted by atomic mass is 32.1. The van der Waals surface area contributed by atoms with Crippen LogP contribution in [0.25, 0.3) is 0 Å². The fourth-order valence-electron chi connectivity index (χ4n) is 2.27. The van der Waals surface area contributed by atoms with E-state index >= 15 is 0 Å². The minimum Gasteiger partial charge on any atom is -0.338 e. The predicted octanol–water partition coefficient (Wildman–Crippen LogP) is 3.72. The Hall–Kier alpha value is -1.88. The van der Waals surface area contributed by atoms with Crippen LogP contribution in [0.1, 0.15) is 30.3 Å². The lowest BCUT2D eigenvalue weighted by Gasteiger charge is -2.26. The van der Waals surface area contributed by atoms with Gasteiger partial charge >= 0.3 is 6.03 Å². The van der Waals surface area contributed by atoms with Crippen molar-refractivity contribution in [2.24, 2.45) is 5.92 Å². The van der Waals surface area contributed by atoms with Crippen molar-refractivity contribution in [3.8, 4) is 0 Å². The second-order valence-electron chi connectivity index (χ2n) is 5.64.